The van der Waals surface area contributed by atoms with Crippen molar-refractivity contribution in [3.05, 3.63) is 29.3 Å². The molecule has 0 unspecified atom stereocenters. The highest BCUT2D eigenvalue weighted by molar-refractivity contribution is 5.56. The molecule has 1 aliphatic rings. The Bertz CT molecular complexity index is 379. The molecule has 1 fully saturated rings. The molecule has 0 spiro atoms. The average Bonchev–Trinajstić information content (AvgIpc) is 2.38. The molecule has 0 radical (unpaired) electrons. The van der Waals surface area contributed by atoms with Gasteiger partial charge in [-0.3, -0.25) is 0 Å². The molecule has 1 heterocycles. The normalized spacial score (nSPS) is 16.3. The molecule has 0 amide bonds. The van der Waals surface area contributed by atoms with Gasteiger partial charge >= 0.3 is 0 Å². The van der Waals surface area contributed by atoms with Gasteiger partial charge in [-0.15, -0.1) is 0 Å². The summed E-state index contributed by atoms with van der Waals surface area (Å²) in [4.78, 5) is 2.56. The van der Waals surface area contributed by atoms with Gasteiger partial charge in [-0.05, 0) is 43.4 Å². The van der Waals surface area contributed by atoms with Crippen molar-refractivity contribution in [1.29, 1.82) is 0 Å². The van der Waals surface area contributed by atoms with Crippen molar-refractivity contribution >= 4 is 5.69 Å². The van der Waals surface area contributed by atoms with E-state index in [1.165, 1.54) is 49.2 Å². The molecule has 0 atom stereocenters. The van der Waals surface area contributed by atoms with Crippen LogP contribution in [0.2, 0.25) is 0 Å². The third-order valence-corrected chi connectivity index (χ3v) is 3.77. The quantitative estimate of drug-likeness (QED) is 0.875. The van der Waals surface area contributed by atoms with Crippen LogP contribution in [0.15, 0.2) is 18.2 Å². The van der Waals surface area contributed by atoms with Crippen LogP contribution in [-0.4, -0.2) is 19.1 Å². The fourth-order valence-corrected chi connectivity index (χ4v) is 2.65. The van der Waals surface area contributed by atoms with E-state index in [0.29, 0.717) is 6.04 Å². The van der Waals surface area contributed by atoms with Crippen LogP contribution in [0.4, 0.5) is 5.69 Å². The summed E-state index contributed by atoms with van der Waals surface area (Å²) in [5.41, 5.74) is 4.34. The van der Waals surface area contributed by atoms with Crippen molar-refractivity contribution < 1.29 is 0 Å². The lowest BCUT2D eigenvalue weighted by Gasteiger charge is -2.31. The molecule has 1 aromatic rings. The predicted octanol–water partition coefficient (Wildman–Crippen LogP) is 3.48. The highest BCUT2D eigenvalue weighted by Crippen LogP contribution is 2.26. The van der Waals surface area contributed by atoms with E-state index in [9.17, 15) is 0 Å². The summed E-state index contributed by atoms with van der Waals surface area (Å²) in [7, 11) is 0. The largest absolute Gasteiger partial charge is 0.371 e. The molecule has 18 heavy (non-hydrogen) atoms. The van der Waals surface area contributed by atoms with E-state index >= 15 is 0 Å². The summed E-state index contributed by atoms with van der Waals surface area (Å²) in [6, 6.07) is 7.25. The maximum absolute atomic E-state index is 3.56. The predicted molar refractivity (Wildman–Crippen MR) is 79.2 cm³/mol. The van der Waals surface area contributed by atoms with Crippen molar-refractivity contribution in [2.24, 2.45) is 0 Å². The van der Waals surface area contributed by atoms with Crippen molar-refractivity contribution in [2.75, 3.05) is 18.0 Å². The van der Waals surface area contributed by atoms with Gasteiger partial charge in [0, 0.05) is 31.4 Å². The molecule has 1 saturated heterocycles. The van der Waals surface area contributed by atoms with E-state index in [1.807, 2.05) is 0 Å². The van der Waals surface area contributed by atoms with Gasteiger partial charge in [0.2, 0.25) is 0 Å². The van der Waals surface area contributed by atoms with E-state index in [-0.39, 0.29) is 0 Å². The minimum Gasteiger partial charge on any atom is -0.371 e. The molecular weight excluding hydrogens is 220 g/mol. The van der Waals surface area contributed by atoms with Gasteiger partial charge in [-0.1, -0.05) is 26.0 Å². The first kappa shape index (κ1) is 13.4. The summed E-state index contributed by atoms with van der Waals surface area (Å²) >= 11 is 0. The highest BCUT2D eigenvalue weighted by Gasteiger charge is 2.15. The van der Waals surface area contributed by atoms with Gasteiger partial charge in [0.25, 0.3) is 0 Å². The molecule has 1 aliphatic heterocycles. The van der Waals surface area contributed by atoms with E-state index in [4.69, 9.17) is 0 Å². The molecule has 2 heteroatoms. The van der Waals surface area contributed by atoms with Gasteiger partial charge in [0.05, 0.1) is 0 Å². The zero-order valence-corrected chi connectivity index (χ0v) is 12.0. The average molecular weight is 246 g/mol. The van der Waals surface area contributed by atoms with Gasteiger partial charge in [0.15, 0.2) is 0 Å². The zero-order chi connectivity index (χ0) is 13.0. The number of hydrogen-bond donors (Lipinski definition) is 1. The lowest BCUT2D eigenvalue weighted by Crippen LogP contribution is -2.31. The van der Waals surface area contributed by atoms with Crippen LogP contribution in [0.5, 0.6) is 0 Å². The van der Waals surface area contributed by atoms with E-state index in [1.54, 1.807) is 0 Å². The smallest absolute Gasteiger partial charge is 0.0414 e. The molecule has 100 valence electrons. The Hall–Kier alpha value is -1.02. The molecule has 0 bridgehead atoms. The van der Waals surface area contributed by atoms with Crippen molar-refractivity contribution in [3.63, 3.8) is 0 Å². The van der Waals surface area contributed by atoms with Crippen LogP contribution < -0.4 is 10.2 Å². The second-order valence-electron chi connectivity index (χ2n) is 5.66. The first-order chi connectivity index (χ1) is 8.68. The zero-order valence-electron chi connectivity index (χ0n) is 12.0. The fraction of sp³-hybridized carbons (Fsp3) is 0.625. The van der Waals surface area contributed by atoms with Gasteiger partial charge in [-0.25, -0.2) is 0 Å². The molecule has 0 aromatic heterocycles. The summed E-state index contributed by atoms with van der Waals surface area (Å²) in [6.45, 7) is 10.1. The summed E-state index contributed by atoms with van der Waals surface area (Å²) < 4.78 is 0. The van der Waals surface area contributed by atoms with Crippen LogP contribution in [0.25, 0.3) is 0 Å². The minimum absolute atomic E-state index is 0.541. The number of hydrogen-bond acceptors (Lipinski definition) is 2. The summed E-state index contributed by atoms with van der Waals surface area (Å²) in [6.07, 6.45) is 4.07. The molecule has 1 aromatic carbocycles. The van der Waals surface area contributed by atoms with Crippen molar-refractivity contribution in [2.45, 2.75) is 52.6 Å². The summed E-state index contributed by atoms with van der Waals surface area (Å²) in [5.74, 6) is 0. The van der Waals surface area contributed by atoms with Crippen molar-refractivity contribution in [3.8, 4) is 0 Å². The number of piperidine rings is 1. The van der Waals surface area contributed by atoms with Crippen LogP contribution in [0.1, 0.15) is 44.2 Å². The van der Waals surface area contributed by atoms with Gasteiger partial charge < -0.3 is 10.2 Å². The molecule has 0 aliphatic carbocycles. The third kappa shape index (κ3) is 3.26. The van der Waals surface area contributed by atoms with E-state index in [0.717, 1.165) is 6.54 Å². The van der Waals surface area contributed by atoms with Crippen LogP contribution in [0, 0.1) is 6.92 Å². The van der Waals surface area contributed by atoms with Gasteiger partial charge in [0.1, 0.15) is 0 Å². The summed E-state index contributed by atoms with van der Waals surface area (Å²) in [5, 5.41) is 3.56. The number of nitrogens with zero attached hydrogens (tertiary/aromatic N) is 1. The number of nitrogens with one attached hydrogen (secondary N) is 1. The number of rotatable bonds is 4. The Morgan fingerprint density at radius 2 is 1.89 bits per heavy atom. The SMILES string of the molecule is Cc1cccc(N2CCCCC2)c1CNC(C)C. The molecule has 0 saturated carbocycles. The lowest BCUT2D eigenvalue weighted by molar-refractivity contribution is 0.565. The van der Waals surface area contributed by atoms with E-state index < -0.39 is 0 Å². The Kier molecular flexibility index (Phi) is 4.65. The maximum Gasteiger partial charge on any atom is 0.0414 e. The topological polar surface area (TPSA) is 15.3 Å². The molecule has 2 rings (SSSR count). The Morgan fingerprint density at radius 1 is 1.17 bits per heavy atom. The second-order valence-corrected chi connectivity index (χ2v) is 5.66. The fourth-order valence-electron chi connectivity index (χ4n) is 2.65. The Balaban J connectivity index is 2.19. The minimum atomic E-state index is 0.541. The first-order valence-electron chi connectivity index (χ1n) is 7.25. The molecule has 1 N–H and O–H groups in total. The van der Waals surface area contributed by atoms with Crippen LogP contribution in [-0.2, 0) is 6.54 Å². The number of benzene rings is 1. The van der Waals surface area contributed by atoms with Gasteiger partial charge in [-0.2, -0.15) is 0 Å². The first-order valence-corrected chi connectivity index (χ1v) is 7.25. The third-order valence-electron chi connectivity index (χ3n) is 3.77. The Morgan fingerprint density at radius 3 is 2.56 bits per heavy atom. The van der Waals surface area contributed by atoms with Crippen LogP contribution in [0.3, 0.4) is 0 Å². The number of aryl methyl sites for hydroxylation is 1. The highest BCUT2D eigenvalue weighted by atomic mass is 15.1. The Labute approximate surface area is 111 Å². The standard InChI is InChI=1S/C16H26N2/c1-13(2)17-12-15-14(3)8-7-9-16(15)18-10-5-4-6-11-18/h7-9,13,17H,4-6,10-12H2,1-3H3. The van der Waals surface area contributed by atoms with E-state index in [2.05, 4.69) is 49.2 Å². The molecular formula is C16H26N2. The number of anilines is 1. The maximum atomic E-state index is 3.56. The molecule has 2 nitrogen and oxygen atoms in total. The van der Waals surface area contributed by atoms with Crippen molar-refractivity contribution in [1.82, 2.24) is 5.32 Å². The van der Waals surface area contributed by atoms with Crippen LogP contribution >= 0.6 is 0 Å². The lowest BCUT2D eigenvalue weighted by atomic mass is 10.0. The second kappa shape index (κ2) is 6.24. The monoisotopic (exact) mass is 246 g/mol.